The molecule has 1 aliphatic rings. The van der Waals surface area contributed by atoms with Crippen molar-refractivity contribution in [3.63, 3.8) is 0 Å². The molecule has 1 unspecified atom stereocenters. The van der Waals surface area contributed by atoms with Gasteiger partial charge in [0, 0.05) is 11.0 Å². The lowest BCUT2D eigenvalue weighted by atomic mass is 10.3. The molecule has 1 fully saturated rings. The van der Waals surface area contributed by atoms with E-state index in [4.69, 9.17) is 16.3 Å². The summed E-state index contributed by atoms with van der Waals surface area (Å²) in [6, 6.07) is 6.16. The molecule has 1 aromatic heterocycles. The third-order valence-electron chi connectivity index (χ3n) is 4.07. The minimum atomic E-state index is -0.109. The third kappa shape index (κ3) is 3.43. The maximum Gasteiger partial charge on any atom is 0.127 e. The zero-order valence-corrected chi connectivity index (χ0v) is 14.5. The number of aromatic nitrogens is 2. The molecule has 5 heteroatoms. The molecular weight excluding hydrogens is 352 g/mol. The van der Waals surface area contributed by atoms with Gasteiger partial charge in [0.25, 0.3) is 0 Å². The van der Waals surface area contributed by atoms with Crippen LogP contribution in [0.25, 0.3) is 11.0 Å². The first-order valence-corrected chi connectivity index (χ1v) is 8.79. The van der Waals surface area contributed by atoms with Gasteiger partial charge in [0.05, 0.1) is 29.1 Å². The average molecular weight is 372 g/mol. The molecule has 21 heavy (non-hydrogen) atoms. The maximum absolute atomic E-state index is 6.29. The summed E-state index contributed by atoms with van der Waals surface area (Å²) in [6.07, 6.45) is 5.46. The molecule has 0 amide bonds. The number of benzene rings is 1. The Hall–Kier alpha value is -0.580. The van der Waals surface area contributed by atoms with Gasteiger partial charge in [-0.1, -0.05) is 28.8 Å². The van der Waals surface area contributed by atoms with E-state index in [1.807, 2.05) is 19.1 Å². The molecule has 1 atom stereocenters. The molecule has 1 aliphatic carbocycles. The Balaban J connectivity index is 1.79. The summed E-state index contributed by atoms with van der Waals surface area (Å²) in [6.45, 7) is 3.50. The van der Waals surface area contributed by atoms with E-state index in [9.17, 15) is 0 Å². The summed E-state index contributed by atoms with van der Waals surface area (Å²) in [4.78, 5) is 4.67. The van der Waals surface area contributed by atoms with Crippen LogP contribution < -0.4 is 0 Å². The molecule has 0 aliphatic heterocycles. The van der Waals surface area contributed by atoms with Gasteiger partial charge >= 0.3 is 0 Å². The number of fused-ring (bicyclic) bond motifs is 1. The maximum atomic E-state index is 6.29. The Bertz CT molecular complexity index is 620. The third-order valence-corrected chi connectivity index (χ3v) is 4.75. The van der Waals surface area contributed by atoms with E-state index >= 15 is 0 Å². The second-order valence-corrected chi connectivity index (χ2v) is 7.22. The lowest BCUT2D eigenvalue weighted by Crippen LogP contribution is -2.14. The van der Waals surface area contributed by atoms with Crippen LogP contribution in [-0.2, 0) is 11.3 Å². The summed E-state index contributed by atoms with van der Waals surface area (Å²) >= 11 is 9.78. The van der Waals surface area contributed by atoms with Crippen molar-refractivity contribution in [2.24, 2.45) is 0 Å². The van der Waals surface area contributed by atoms with Crippen LogP contribution in [0.15, 0.2) is 22.7 Å². The standard InChI is InChI=1S/C16H20BrClN2O/c1-11(18)16-19-14-10-12(17)6-7-15(14)20(16)8-9-21-13-4-2-3-5-13/h6-7,10-11,13H,2-5,8-9H2,1H3. The van der Waals surface area contributed by atoms with E-state index in [0.29, 0.717) is 6.10 Å². The molecule has 0 bridgehead atoms. The van der Waals surface area contributed by atoms with Gasteiger partial charge in [0.15, 0.2) is 0 Å². The van der Waals surface area contributed by atoms with Gasteiger partial charge in [-0.25, -0.2) is 4.98 Å². The van der Waals surface area contributed by atoms with Crippen LogP contribution in [0.5, 0.6) is 0 Å². The Morgan fingerprint density at radius 1 is 1.43 bits per heavy atom. The van der Waals surface area contributed by atoms with Gasteiger partial charge in [-0.15, -0.1) is 11.6 Å². The van der Waals surface area contributed by atoms with Crippen LogP contribution in [0.2, 0.25) is 0 Å². The van der Waals surface area contributed by atoms with Gasteiger partial charge in [0.1, 0.15) is 5.82 Å². The summed E-state index contributed by atoms with van der Waals surface area (Å²) in [5.74, 6) is 0.916. The second-order valence-electron chi connectivity index (χ2n) is 5.65. The molecular formula is C16H20BrClN2O. The summed E-state index contributed by atoms with van der Waals surface area (Å²) in [5.41, 5.74) is 2.10. The van der Waals surface area contributed by atoms with Crippen molar-refractivity contribution in [3.8, 4) is 0 Å². The molecule has 2 aromatic rings. The summed E-state index contributed by atoms with van der Waals surface area (Å²) in [7, 11) is 0. The number of hydrogen-bond donors (Lipinski definition) is 0. The predicted octanol–water partition coefficient (Wildman–Crippen LogP) is 5.06. The summed E-state index contributed by atoms with van der Waals surface area (Å²) in [5, 5.41) is -0.109. The number of ether oxygens (including phenoxy) is 1. The van der Waals surface area contributed by atoms with Crippen molar-refractivity contribution in [1.82, 2.24) is 9.55 Å². The van der Waals surface area contributed by atoms with Crippen molar-refractivity contribution in [2.75, 3.05) is 6.61 Å². The zero-order chi connectivity index (χ0) is 14.8. The Morgan fingerprint density at radius 3 is 2.90 bits per heavy atom. The van der Waals surface area contributed by atoms with E-state index in [0.717, 1.165) is 34.5 Å². The lowest BCUT2D eigenvalue weighted by Gasteiger charge is -2.14. The van der Waals surface area contributed by atoms with Gasteiger partial charge in [0.2, 0.25) is 0 Å². The highest BCUT2D eigenvalue weighted by Crippen LogP contribution is 2.27. The van der Waals surface area contributed by atoms with Gasteiger partial charge in [-0.3, -0.25) is 0 Å². The molecule has 1 heterocycles. The van der Waals surface area contributed by atoms with Crippen LogP contribution in [-0.4, -0.2) is 22.3 Å². The summed E-state index contributed by atoms with van der Waals surface area (Å²) < 4.78 is 9.21. The fourth-order valence-electron chi connectivity index (χ4n) is 3.03. The number of imidazole rings is 1. The fraction of sp³-hybridized carbons (Fsp3) is 0.562. The highest BCUT2D eigenvalue weighted by molar-refractivity contribution is 9.10. The molecule has 0 N–H and O–H groups in total. The first-order valence-electron chi connectivity index (χ1n) is 7.56. The topological polar surface area (TPSA) is 27.1 Å². The van der Waals surface area contributed by atoms with Crippen molar-refractivity contribution in [1.29, 1.82) is 0 Å². The minimum absolute atomic E-state index is 0.109. The number of alkyl halides is 1. The van der Waals surface area contributed by atoms with Crippen molar-refractivity contribution < 1.29 is 4.74 Å². The fourth-order valence-corrected chi connectivity index (χ4v) is 3.54. The molecule has 0 spiro atoms. The molecule has 1 aromatic carbocycles. The number of halogens is 2. The van der Waals surface area contributed by atoms with Gasteiger partial charge < -0.3 is 9.30 Å². The number of rotatable bonds is 5. The highest BCUT2D eigenvalue weighted by atomic mass is 79.9. The zero-order valence-electron chi connectivity index (χ0n) is 12.2. The second kappa shape index (κ2) is 6.67. The first-order chi connectivity index (χ1) is 10.1. The predicted molar refractivity (Wildman–Crippen MR) is 89.9 cm³/mol. The van der Waals surface area contributed by atoms with E-state index in [-0.39, 0.29) is 5.38 Å². The van der Waals surface area contributed by atoms with E-state index in [2.05, 4.69) is 31.5 Å². The molecule has 3 nitrogen and oxygen atoms in total. The number of nitrogens with zero attached hydrogens (tertiary/aromatic N) is 2. The minimum Gasteiger partial charge on any atom is -0.376 e. The van der Waals surface area contributed by atoms with E-state index < -0.39 is 0 Å². The SMILES string of the molecule is CC(Cl)c1nc2cc(Br)ccc2n1CCOC1CCCC1. The molecule has 1 saturated carbocycles. The molecule has 3 rings (SSSR count). The van der Waals surface area contributed by atoms with Crippen LogP contribution in [0.1, 0.15) is 43.8 Å². The van der Waals surface area contributed by atoms with Crippen LogP contribution >= 0.6 is 27.5 Å². The molecule has 0 radical (unpaired) electrons. The Morgan fingerprint density at radius 2 is 2.19 bits per heavy atom. The van der Waals surface area contributed by atoms with Gasteiger partial charge in [-0.2, -0.15) is 0 Å². The van der Waals surface area contributed by atoms with E-state index in [1.54, 1.807) is 0 Å². The monoisotopic (exact) mass is 370 g/mol. The highest BCUT2D eigenvalue weighted by Gasteiger charge is 2.17. The van der Waals surface area contributed by atoms with Crippen molar-refractivity contribution in [3.05, 3.63) is 28.5 Å². The Labute approximate surface area is 138 Å². The normalized spacial score (nSPS) is 17.7. The van der Waals surface area contributed by atoms with Crippen LogP contribution in [0.4, 0.5) is 0 Å². The van der Waals surface area contributed by atoms with Gasteiger partial charge in [-0.05, 0) is 38.0 Å². The van der Waals surface area contributed by atoms with Crippen LogP contribution in [0.3, 0.4) is 0 Å². The molecule has 0 saturated heterocycles. The quantitative estimate of drug-likeness (QED) is 0.687. The smallest absolute Gasteiger partial charge is 0.127 e. The Kier molecular flexibility index (Phi) is 4.87. The first kappa shape index (κ1) is 15.3. The molecule has 114 valence electrons. The largest absolute Gasteiger partial charge is 0.376 e. The number of hydrogen-bond acceptors (Lipinski definition) is 2. The average Bonchev–Trinajstić information content (AvgIpc) is 3.06. The van der Waals surface area contributed by atoms with Crippen LogP contribution in [0, 0.1) is 0 Å². The van der Waals surface area contributed by atoms with Crippen molar-refractivity contribution >= 4 is 38.6 Å². The lowest BCUT2D eigenvalue weighted by molar-refractivity contribution is 0.0531. The van der Waals surface area contributed by atoms with Crippen molar-refractivity contribution in [2.45, 2.75) is 50.6 Å². The van der Waals surface area contributed by atoms with E-state index in [1.165, 1.54) is 25.7 Å².